The zero-order chi connectivity index (χ0) is 22.2. The Bertz CT molecular complexity index is 1270. The monoisotopic (exact) mass is 434 g/mol. The lowest BCUT2D eigenvalue weighted by Crippen LogP contribution is -2.31. The van der Waals surface area contributed by atoms with E-state index in [2.05, 4.69) is 5.32 Å². The van der Waals surface area contributed by atoms with Crippen molar-refractivity contribution in [2.24, 2.45) is 0 Å². The first-order valence-corrected chi connectivity index (χ1v) is 11.5. The summed E-state index contributed by atoms with van der Waals surface area (Å²) in [6.45, 7) is 3.91. The van der Waals surface area contributed by atoms with E-state index < -0.39 is 15.7 Å². The smallest absolute Gasteiger partial charge is 0.259 e. The minimum Gasteiger partial charge on any atom is -0.346 e. The third-order valence-electron chi connectivity index (χ3n) is 5.42. The molecule has 7 heteroatoms. The van der Waals surface area contributed by atoms with E-state index in [9.17, 15) is 18.0 Å². The Morgan fingerprint density at radius 2 is 1.65 bits per heavy atom. The fraction of sp³-hybridized carbons (Fsp3) is 0.167. The van der Waals surface area contributed by atoms with Crippen LogP contribution in [0.2, 0.25) is 0 Å². The van der Waals surface area contributed by atoms with Crippen LogP contribution in [-0.4, -0.2) is 26.8 Å². The molecule has 0 spiro atoms. The summed E-state index contributed by atoms with van der Waals surface area (Å²) in [5, 5.41) is 2.92. The lowest BCUT2D eigenvalue weighted by Gasteiger charge is -2.22. The highest BCUT2D eigenvalue weighted by Gasteiger charge is 2.35. The topological polar surface area (TPSA) is 83.6 Å². The summed E-state index contributed by atoms with van der Waals surface area (Å²) in [7, 11) is -3.92. The molecule has 0 aliphatic carbocycles. The number of sulfone groups is 1. The molecule has 3 aromatic carbocycles. The average molecular weight is 435 g/mol. The van der Waals surface area contributed by atoms with Crippen LogP contribution in [0.4, 0.5) is 5.69 Å². The highest BCUT2D eigenvalue weighted by Crippen LogP contribution is 2.37. The van der Waals surface area contributed by atoms with Gasteiger partial charge >= 0.3 is 0 Å². The summed E-state index contributed by atoms with van der Waals surface area (Å²) in [6, 6.07) is 19.9. The molecule has 158 valence electrons. The number of carbonyl (C=O) groups excluding carboxylic acids is 2. The number of hydrogen-bond acceptors (Lipinski definition) is 4. The molecule has 2 amide bonds. The van der Waals surface area contributed by atoms with E-state index in [4.69, 9.17) is 0 Å². The second-order valence-corrected chi connectivity index (χ2v) is 9.22. The van der Waals surface area contributed by atoms with Crippen molar-refractivity contribution in [1.82, 2.24) is 5.32 Å². The minimum atomic E-state index is -3.92. The molecule has 0 fully saturated rings. The van der Waals surface area contributed by atoms with Crippen LogP contribution in [0.1, 0.15) is 46.2 Å². The number of hydrogen-bond donors (Lipinski definition) is 1. The van der Waals surface area contributed by atoms with Crippen molar-refractivity contribution < 1.29 is 18.0 Å². The zero-order valence-electron chi connectivity index (χ0n) is 17.2. The molecule has 4 rings (SSSR count). The lowest BCUT2D eigenvalue weighted by molar-refractivity contribution is 0.0937. The normalized spacial score (nSPS) is 15.4. The van der Waals surface area contributed by atoms with Gasteiger partial charge < -0.3 is 10.2 Å². The average Bonchev–Trinajstić information content (AvgIpc) is 2.86. The Morgan fingerprint density at radius 1 is 0.968 bits per heavy atom. The van der Waals surface area contributed by atoms with Gasteiger partial charge in [0.2, 0.25) is 9.84 Å². The molecule has 0 saturated carbocycles. The predicted molar refractivity (Wildman–Crippen MR) is 118 cm³/mol. The first-order valence-electron chi connectivity index (χ1n) is 10.0. The van der Waals surface area contributed by atoms with E-state index in [1.165, 1.54) is 35.2 Å². The molecule has 1 aliphatic rings. The van der Waals surface area contributed by atoms with Crippen LogP contribution >= 0.6 is 0 Å². The number of fused-ring (bicyclic) bond motifs is 2. The number of anilines is 1. The summed E-state index contributed by atoms with van der Waals surface area (Å²) in [5.74, 6) is -0.752. The Morgan fingerprint density at radius 3 is 2.35 bits per heavy atom. The molecule has 1 heterocycles. The van der Waals surface area contributed by atoms with Gasteiger partial charge in [-0.25, -0.2) is 8.42 Å². The van der Waals surface area contributed by atoms with Crippen LogP contribution in [0.15, 0.2) is 82.6 Å². The molecule has 31 heavy (non-hydrogen) atoms. The van der Waals surface area contributed by atoms with Gasteiger partial charge in [0.25, 0.3) is 11.8 Å². The van der Waals surface area contributed by atoms with Gasteiger partial charge in [-0.2, -0.15) is 0 Å². The van der Waals surface area contributed by atoms with Gasteiger partial charge in [-0.05, 0) is 49.7 Å². The quantitative estimate of drug-likeness (QED) is 0.673. The molecule has 3 aromatic rings. The third kappa shape index (κ3) is 3.61. The highest BCUT2D eigenvalue weighted by molar-refractivity contribution is 7.91. The number of nitrogens with one attached hydrogen (secondary N) is 1. The van der Waals surface area contributed by atoms with E-state index >= 15 is 0 Å². The molecule has 1 N–H and O–H groups in total. The van der Waals surface area contributed by atoms with Gasteiger partial charge in [-0.3, -0.25) is 9.59 Å². The molecule has 0 radical (unpaired) electrons. The minimum absolute atomic E-state index is 0.0142. The Hall–Kier alpha value is -3.45. The van der Waals surface area contributed by atoms with Crippen molar-refractivity contribution >= 4 is 27.3 Å². The maximum absolute atomic E-state index is 13.3. The molecule has 0 bridgehead atoms. The molecule has 0 unspecified atom stereocenters. The van der Waals surface area contributed by atoms with Crippen molar-refractivity contribution in [2.75, 3.05) is 11.4 Å². The molecular formula is C24H22N2O4S. The Labute approximate surface area is 181 Å². The van der Waals surface area contributed by atoms with Crippen molar-refractivity contribution in [1.29, 1.82) is 0 Å². The van der Waals surface area contributed by atoms with Gasteiger partial charge in [0.1, 0.15) is 0 Å². The fourth-order valence-corrected chi connectivity index (χ4v) is 5.40. The van der Waals surface area contributed by atoms with Gasteiger partial charge in [-0.1, -0.05) is 42.5 Å². The standard InChI is InChI=1S/C24H22N2O4S/c1-3-26-20-15-18(23(27)25-16(2)17-9-5-4-6-10-17)13-14-22(20)31(29,30)21-12-8-7-11-19(21)24(26)28/h4-16H,3H2,1-2H3,(H,25,27)/t16-/m0/s1. The SMILES string of the molecule is CCN1C(=O)c2ccccc2S(=O)(=O)c2ccc(C(=O)N[C@@H](C)c3ccccc3)cc21. The van der Waals surface area contributed by atoms with Gasteiger partial charge in [-0.15, -0.1) is 0 Å². The molecule has 1 atom stereocenters. The maximum atomic E-state index is 13.3. The van der Waals surface area contributed by atoms with Crippen molar-refractivity contribution in [2.45, 2.75) is 29.7 Å². The number of nitrogens with zero attached hydrogens (tertiary/aromatic N) is 1. The van der Waals surface area contributed by atoms with Gasteiger partial charge in [0.05, 0.1) is 27.1 Å². The Balaban J connectivity index is 1.76. The summed E-state index contributed by atoms with van der Waals surface area (Å²) in [5.41, 5.74) is 1.58. The molecular weight excluding hydrogens is 412 g/mol. The van der Waals surface area contributed by atoms with Crippen LogP contribution < -0.4 is 10.2 Å². The number of rotatable bonds is 4. The van der Waals surface area contributed by atoms with Crippen LogP contribution in [0.25, 0.3) is 0 Å². The largest absolute Gasteiger partial charge is 0.346 e. The van der Waals surface area contributed by atoms with E-state index in [0.717, 1.165) is 5.56 Å². The lowest BCUT2D eigenvalue weighted by atomic mass is 10.1. The van der Waals surface area contributed by atoms with E-state index in [1.807, 2.05) is 37.3 Å². The van der Waals surface area contributed by atoms with E-state index in [-0.39, 0.29) is 45.1 Å². The maximum Gasteiger partial charge on any atom is 0.259 e. The van der Waals surface area contributed by atoms with Crippen LogP contribution in [0, 0.1) is 0 Å². The zero-order valence-corrected chi connectivity index (χ0v) is 18.0. The first kappa shape index (κ1) is 20.8. The molecule has 1 aliphatic heterocycles. The number of amides is 2. The summed E-state index contributed by atoms with van der Waals surface area (Å²) in [4.78, 5) is 27.4. The van der Waals surface area contributed by atoms with Crippen molar-refractivity contribution in [3.8, 4) is 0 Å². The first-order chi connectivity index (χ1) is 14.8. The number of benzene rings is 3. The molecule has 0 aromatic heterocycles. The van der Waals surface area contributed by atoms with Gasteiger partial charge in [0, 0.05) is 12.1 Å². The van der Waals surface area contributed by atoms with Crippen molar-refractivity contribution in [3.05, 3.63) is 89.5 Å². The molecule has 6 nitrogen and oxygen atoms in total. The second kappa shape index (κ2) is 8.00. The number of carbonyl (C=O) groups is 2. The second-order valence-electron chi connectivity index (χ2n) is 7.34. The van der Waals surface area contributed by atoms with E-state index in [0.29, 0.717) is 0 Å². The van der Waals surface area contributed by atoms with Crippen LogP contribution in [0.3, 0.4) is 0 Å². The fourth-order valence-electron chi connectivity index (χ4n) is 3.77. The van der Waals surface area contributed by atoms with Gasteiger partial charge in [0.15, 0.2) is 0 Å². The van der Waals surface area contributed by atoms with Crippen LogP contribution in [-0.2, 0) is 9.84 Å². The van der Waals surface area contributed by atoms with Crippen molar-refractivity contribution in [3.63, 3.8) is 0 Å². The molecule has 0 saturated heterocycles. The third-order valence-corrected chi connectivity index (χ3v) is 7.28. The predicted octanol–water partition coefficient (Wildman–Crippen LogP) is 3.99. The summed E-state index contributed by atoms with van der Waals surface area (Å²) < 4.78 is 26.6. The summed E-state index contributed by atoms with van der Waals surface area (Å²) in [6.07, 6.45) is 0. The summed E-state index contributed by atoms with van der Waals surface area (Å²) >= 11 is 0. The van der Waals surface area contributed by atoms with E-state index in [1.54, 1.807) is 19.1 Å². The highest BCUT2D eigenvalue weighted by atomic mass is 32.2. The van der Waals surface area contributed by atoms with Crippen LogP contribution in [0.5, 0.6) is 0 Å². The Kier molecular flexibility index (Phi) is 5.37.